The second-order valence-electron chi connectivity index (χ2n) is 5.99. The highest BCUT2D eigenvalue weighted by Gasteiger charge is 2.26. The number of likely N-dealkylation sites (N-methyl/N-ethyl adjacent to an activating group) is 1. The van der Waals surface area contributed by atoms with E-state index < -0.39 is 0 Å². The van der Waals surface area contributed by atoms with E-state index in [1.807, 2.05) is 13.0 Å². The van der Waals surface area contributed by atoms with Crippen molar-refractivity contribution in [2.45, 2.75) is 19.8 Å². The van der Waals surface area contributed by atoms with Crippen LogP contribution < -0.4 is 4.74 Å². The molecule has 0 N–H and O–H groups in total. The van der Waals surface area contributed by atoms with Gasteiger partial charge in [-0.1, -0.05) is 6.92 Å². The largest absolute Gasteiger partial charge is 0.489 e. The molecule has 0 spiro atoms. The monoisotopic (exact) mass is 334 g/mol. The first-order valence-corrected chi connectivity index (χ1v) is 7.99. The summed E-state index contributed by atoms with van der Waals surface area (Å²) in [6.45, 7) is 2.65. The van der Waals surface area contributed by atoms with Crippen molar-refractivity contribution in [3.05, 3.63) is 41.2 Å². The van der Waals surface area contributed by atoms with Crippen LogP contribution in [-0.4, -0.2) is 55.4 Å². The molecule has 6 heteroatoms. The third-order valence-electron chi connectivity index (χ3n) is 4.10. The summed E-state index contributed by atoms with van der Waals surface area (Å²) in [4.78, 5) is 27.3. The number of amides is 2. The van der Waals surface area contributed by atoms with Crippen LogP contribution in [0.15, 0.2) is 30.1 Å². The molecule has 0 unspecified atom stereocenters. The first-order chi connectivity index (χ1) is 11.5. The van der Waals surface area contributed by atoms with E-state index in [-0.39, 0.29) is 25.0 Å². The summed E-state index contributed by atoms with van der Waals surface area (Å²) in [6, 6.07) is 5.24. The zero-order valence-corrected chi connectivity index (χ0v) is 14.3. The van der Waals surface area contributed by atoms with E-state index in [1.165, 1.54) is 4.90 Å². The second-order valence-corrected chi connectivity index (χ2v) is 5.99. The van der Waals surface area contributed by atoms with Crippen LogP contribution >= 0.6 is 0 Å². The van der Waals surface area contributed by atoms with Crippen molar-refractivity contribution < 1.29 is 18.7 Å². The number of ether oxygens (including phenoxy) is 1. The standard InChI is InChI=1S/C18H23FN2O3/c1-4-13(10-19)12-24-15-5-6-16-14(9-15)7-8-21(18(16)23)11-17(22)20(2)3/h5-6,9-10H,4,7-8,11-12H2,1-3H3/b13-10+. The fourth-order valence-corrected chi connectivity index (χ4v) is 2.44. The van der Waals surface area contributed by atoms with E-state index in [0.29, 0.717) is 42.6 Å². The molecule has 1 aromatic carbocycles. The normalized spacial score (nSPS) is 14.4. The highest BCUT2D eigenvalue weighted by atomic mass is 19.1. The lowest BCUT2D eigenvalue weighted by atomic mass is 9.98. The number of carbonyl (C=O) groups is 2. The van der Waals surface area contributed by atoms with E-state index in [1.54, 1.807) is 31.1 Å². The minimum absolute atomic E-state index is 0.0880. The molecule has 130 valence electrons. The fourth-order valence-electron chi connectivity index (χ4n) is 2.44. The van der Waals surface area contributed by atoms with Gasteiger partial charge in [0.1, 0.15) is 18.9 Å². The molecule has 0 aromatic heterocycles. The first kappa shape index (κ1) is 18.0. The van der Waals surface area contributed by atoms with Crippen molar-refractivity contribution >= 4 is 11.8 Å². The van der Waals surface area contributed by atoms with Crippen LogP contribution in [0.4, 0.5) is 4.39 Å². The van der Waals surface area contributed by atoms with Gasteiger partial charge in [0.2, 0.25) is 5.91 Å². The molecular weight excluding hydrogens is 311 g/mol. The van der Waals surface area contributed by atoms with Crippen LogP contribution in [0.3, 0.4) is 0 Å². The topological polar surface area (TPSA) is 49.9 Å². The highest BCUT2D eigenvalue weighted by molar-refractivity contribution is 5.98. The molecule has 0 saturated carbocycles. The predicted octanol–water partition coefficient (Wildman–Crippen LogP) is 2.42. The lowest BCUT2D eigenvalue weighted by Crippen LogP contribution is -2.43. The van der Waals surface area contributed by atoms with Crippen molar-refractivity contribution in [3.63, 3.8) is 0 Å². The zero-order chi connectivity index (χ0) is 17.7. The molecule has 2 rings (SSSR count). The first-order valence-electron chi connectivity index (χ1n) is 7.99. The Morgan fingerprint density at radius 3 is 2.79 bits per heavy atom. The van der Waals surface area contributed by atoms with E-state index in [4.69, 9.17) is 4.74 Å². The molecule has 1 aliphatic rings. The third-order valence-corrected chi connectivity index (χ3v) is 4.10. The van der Waals surface area contributed by atoms with Gasteiger partial charge in [-0.15, -0.1) is 0 Å². The van der Waals surface area contributed by atoms with Gasteiger partial charge in [0.25, 0.3) is 5.91 Å². The summed E-state index contributed by atoms with van der Waals surface area (Å²) in [7, 11) is 3.34. The van der Waals surface area contributed by atoms with Gasteiger partial charge < -0.3 is 14.5 Å². The van der Waals surface area contributed by atoms with Crippen LogP contribution in [0.5, 0.6) is 5.75 Å². The van der Waals surface area contributed by atoms with E-state index >= 15 is 0 Å². The second kappa shape index (κ2) is 7.95. The lowest BCUT2D eigenvalue weighted by Gasteiger charge is -2.29. The number of carbonyl (C=O) groups excluding carboxylic acids is 2. The molecule has 1 heterocycles. The SMILES string of the molecule is CC/C(=C\F)COc1ccc2c(c1)CCN(CC(=O)N(C)C)C2=O. The average Bonchev–Trinajstić information content (AvgIpc) is 2.58. The Kier molecular flexibility index (Phi) is 5.95. The molecule has 5 nitrogen and oxygen atoms in total. The van der Waals surface area contributed by atoms with Crippen LogP contribution in [0, 0.1) is 0 Å². The fraction of sp³-hybridized carbons (Fsp3) is 0.444. The number of benzene rings is 1. The third kappa shape index (κ3) is 4.13. The lowest BCUT2D eigenvalue weighted by molar-refractivity contribution is -0.129. The Morgan fingerprint density at radius 1 is 1.42 bits per heavy atom. The van der Waals surface area contributed by atoms with Crippen molar-refractivity contribution in [2.75, 3.05) is 33.8 Å². The van der Waals surface area contributed by atoms with E-state index in [9.17, 15) is 14.0 Å². The highest BCUT2D eigenvalue weighted by Crippen LogP contribution is 2.24. The predicted molar refractivity (Wildman–Crippen MR) is 89.7 cm³/mol. The summed E-state index contributed by atoms with van der Waals surface area (Å²) >= 11 is 0. The number of hydrogen-bond donors (Lipinski definition) is 0. The van der Waals surface area contributed by atoms with Crippen molar-refractivity contribution in [2.24, 2.45) is 0 Å². The van der Waals surface area contributed by atoms with Crippen LogP contribution in [0.2, 0.25) is 0 Å². The number of halogens is 1. The number of hydrogen-bond acceptors (Lipinski definition) is 3. The molecule has 0 bridgehead atoms. The zero-order valence-electron chi connectivity index (χ0n) is 14.3. The number of fused-ring (bicyclic) bond motifs is 1. The molecule has 0 saturated heterocycles. The summed E-state index contributed by atoms with van der Waals surface area (Å²) in [5.41, 5.74) is 2.07. The van der Waals surface area contributed by atoms with Gasteiger partial charge in [-0.25, -0.2) is 4.39 Å². The maximum Gasteiger partial charge on any atom is 0.254 e. The average molecular weight is 334 g/mol. The Bertz CT molecular complexity index is 656. The van der Waals surface area contributed by atoms with Gasteiger partial charge in [-0.3, -0.25) is 9.59 Å². The molecule has 1 aliphatic heterocycles. The van der Waals surface area contributed by atoms with Crippen molar-refractivity contribution in [3.8, 4) is 5.75 Å². The van der Waals surface area contributed by atoms with E-state index in [2.05, 4.69) is 0 Å². The van der Waals surface area contributed by atoms with Gasteiger partial charge in [-0.05, 0) is 42.2 Å². The quantitative estimate of drug-likeness (QED) is 0.803. The van der Waals surface area contributed by atoms with Gasteiger partial charge >= 0.3 is 0 Å². The Morgan fingerprint density at radius 2 is 2.17 bits per heavy atom. The molecular formula is C18H23FN2O3. The minimum atomic E-state index is -0.143. The minimum Gasteiger partial charge on any atom is -0.489 e. The van der Waals surface area contributed by atoms with Gasteiger partial charge in [-0.2, -0.15) is 0 Å². The molecule has 24 heavy (non-hydrogen) atoms. The molecule has 2 amide bonds. The maximum absolute atomic E-state index is 12.6. The van der Waals surface area contributed by atoms with Crippen molar-refractivity contribution in [1.82, 2.24) is 9.80 Å². The molecule has 0 radical (unpaired) electrons. The van der Waals surface area contributed by atoms with E-state index in [0.717, 1.165) is 5.56 Å². The summed E-state index contributed by atoms with van der Waals surface area (Å²) in [5.74, 6) is 0.375. The van der Waals surface area contributed by atoms with Crippen LogP contribution in [0.25, 0.3) is 0 Å². The smallest absolute Gasteiger partial charge is 0.254 e. The van der Waals surface area contributed by atoms with Gasteiger partial charge in [0, 0.05) is 26.2 Å². The number of nitrogens with zero attached hydrogens (tertiary/aromatic N) is 2. The summed E-state index contributed by atoms with van der Waals surface area (Å²) in [5, 5.41) is 0. The van der Waals surface area contributed by atoms with Crippen LogP contribution in [0.1, 0.15) is 29.3 Å². The van der Waals surface area contributed by atoms with Crippen LogP contribution in [-0.2, 0) is 11.2 Å². The summed E-state index contributed by atoms with van der Waals surface area (Å²) < 4.78 is 18.1. The van der Waals surface area contributed by atoms with Crippen molar-refractivity contribution in [1.29, 1.82) is 0 Å². The molecule has 0 atom stereocenters. The molecule has 0 aliphatic carbocycles. The Balaban J connectivity index is 2.07. The molecule has 1 aromatic rings. The van der Waals surface area contributed by atoms with Gasteiger partial charge in [0.05, 0.1) is 6.33 Å². The number of rotatable bonds is 6. The Hall–Kier alpha value is -2.37. The summed E-state index contributed by atoms with van der Waals surface area (Å²) in [6.07, 6.45) is 1.83. The maximum atomic E-state index is 12.6. The Labute approximate surface area is 141 Å². The van der Waals surface area contributed by atoms with Gasteiger partial charge in [0.15, 0.2) is 0 Å². The molecule has 0 fully saturated rings.